The number of benzene rings is 2. The van der Waals surface area contributed by atoms with Gasteiger partial charge in [-0.2, -0.15) is 5.10 Å². The van der Waals surface area contributed by atoms with E-state index in [9.17, 15) is 18.0 Å². The normalized spacial score (nSPS) is 11.3. The quantitative estimate of drug-likeness (QED) is 0.203. The lowest BCUT2D eigenvalue weighted by Crippen LogP contribution is -2.34. The summed E-state index contributed by atoms with van der Waals surface area (Å²) in [5.41, 5.74) is 1.90. The van der Waals surface area contributed by atoms with Crippen molar-refractivity contribution >= 4 is 44.4 Å². The number of hydrogen-bond donors (Lipinski definition) is 0. The lowest BCUT2D eigenvalue weighted by atomic mass is 10.3. The number of aromatic nitrogens is 3. The van der Waals surface area contributed by atoms with Crippen LogP contribution in [0.25, 0.3) is 10.2 Å². The van der Waals surface area contributed by atoms with Crippen LogP contribution in [0.15, 0.2) is 47.4 Å². The number of amides is 1. The summed E-state index contributed by atoms with van der Waals surface area (Å²) >= 11 is 2.63. The Morgan fingerprint density at radius 2 is 1.85 bits per heavy atom. The van der Waals surface area contributed by atoms with E-state index in [0.29, 0.717) is 35.1 Å². The van der Waals surface area contributed by atoms with Gasteiger partial charge in [-0.25, -0.2) is 18.2 Å². The molecule has 0 N–H and O–H groups in total. The van der Waals surface area contributed by atoms with Crippen LogP contribution in [-0.2, 0) is 11.3 Å². The fourth-order valence-corrected chi connectivity index (χ4v) is 5.46. The Hall–Kier alpha value is -2.85. The van der Waals surface area contributed by atoms with Gasteiger partial charge in [0.1, 0.15) is 17.2 Å². The van der Waals surface area contributed by atoms with Gasteiger partial charge in [-0.15, -0.1) is 11.8 Å². The number of thiazole rings is 1. The second-order valence-electron chi connectivity index (χ2n) is 7.83. The molecule has 2 aromatic carbocycles. The van der Waals surface area contributed by atoms with E-state index in [1.54, 1.807) is 23.9 Å². The van der Waals surface area contributed by atoms with Gasteiger partial charge >= 0.3 is 0 Å². The number of hydrogen-bond acceptors (Lipinski definition) is 5. The molecule has 0 unspecified atom stereocenters. The first-order valence-electron chi connectivity index (χ1n) is 10.8. The van der Waals surface area contributed by atoms with Crippen molar-refractivity contribution in [2.45, 2.75) is 38.1 Å². The third-order valence-electron chi connectivity index (χ3n) is 5.19. The highest BCUT2D eigenvalue weighted by Crippen LogP contribution is 2.32. The predicted octanol–water partition coefficient (Wildman–Crippen LogP) is 6.13. The van der Waals surface area contributed by atoms with E-state index in [1.165, 1.54) is 23.1 Å². The fraction of sp³-hybridized carbons (Fsp3) is 0.292. The first-order chi connectivity index (χ1) is 16.3. The molecule has 2 aromatic heterocycles. The molecule has 2 heterocycles. The highest BCUT2D eigenvalue weighted by Gasteiger charge is 2.21. The summed E-state index contributed by atoms with van der Waals surface area (Å²) in [6.07, 6.45) is 0.864. The molecule has 5 nitrogen and oxygen atoms in total. The molecule has 34 heavy (non-hydrogen) atoms. The molecular formula is C24H23F3N4OS2. The SMILES string of the molecule is Cc1cc(C)n(CCN(C(=O)CCCSc2ccc(F)cc2)c2nc3c(F)cc(F)cc3s2)n1. The minimum absolute atomic E-state index is 0.0529. The van der Waals surface area contributed by atoms with Crippen LogP contribution in [-0.4, -0.2) is 33.0 Å². The molecule has 10 heteroatoms. The molecule has 0 aliphatic heterocycles. The van der Waals surface area contributed by atoms with Crippen LogP contribution in [0.1, 0.15) is 24.2 Å². The fourth-order valence-electron chi connectivity index (χ4n) is 3.56. The monoisotopic (exact) mass is 504 g/mol. The third kappa shape index (κ3) is 5.79. The maximum Gasteiger partial charge on any atom is 0.228 e. The van der Waals surface area contributed by atoms with Gasteiger partial charge in [-0.1, -0.05) is 11.3 Å². The number of halogens is 3. The van der Waals surface area contributed by atoms with Gasteiger partial charge in [0.15, 0.2) is 10.9 Å². The van der Waals surface area contributed by atoms with Gasteiger partial charge < -0.3 is 0 Å². The van der Waals surface area contributed by atoms with E-state index in [-0.39, 0.29) is 23.7 Å². The molecule has 178 valence electrons. The summed E-state index contributed by atoms with van der Waals surface area (Å²) in [4.78, 5) is 19.9. The maximum absolute atomic E-state index is 14.2. The van der Waals surface area contributed by atoms with Crippen molar-refractivity contribution in [3.63, 3.8) is 0 Å². The molecule has 0 saturated heterocycles. The third-order valence-corrected chi connectivity index (χ3v) is 7.31. The van der Waals surface area contributed by atoms with Crippen molar-refractivity contribution < 1.29 is 18.0 Å². The van der Waals surface area contributed by atoms with Crippen molar-refractivity contribution in [2.24, 2.45) is 0 Å². The first-order valence-corrected chi connectivity index (χ1v) is 12.6. The summed E-state index contributed by atoms with van der Waals surface area (Å²) in [6.45, 7) is 4.59. The Bertz CT molecular complexity index is 1300. The van der Waals surface area contributed by atoms with E-state index in [4.69, 9.17) is 0 Å². The van der Waals surface area contributed by atoms with Crippen molar-refractivity contribution in [1.82, 2.24) is 14.8 Å². The average Bonchev–Trinajstić information content (AvgIpc) is 3.35. The smallest absolute Gasteiger partial charge is 0.228 e. The van der Waals surface area contributed by atoms with Crippen LogP contribution >= 0.6 is 23.1 Å². The largest absolute Gasteiger partial charge is 0.286 e. The van der Waals surface area contributed by atoms with Crippen molar-refractivity contribution in [2.75, 3.05) is 17.2 Å². The molecule has 0 aliphatic rings. The molecule has 0 atom stereocenters. The van der Waals surface area contributed by atoms with Gasteiger partial charge in [0.25, 0.3) is 0 Å². The predicted molar refractivity (Wildman–Crippen MR) is 130 cm³/mol. The zero-order valence-electron chi connectivity index (χ0n) is 18.7. The number of nitrogens with zero attached hydrogens (tertiary/aromatic N) is 4. The molecule has 4 aromatic rings. The molecule has 4 rings (SSSR count). The van der Waals surface area contributed by atoms with Crippen molar-refractivity contribution in [3.05, 3.63) is 71.3 Å². The number of anilines is 1. The summed E-state index contributed by atoms with van der Waals surface area (Å²) < 4.78 is 43.1. The Labute approximate surface area is 203 Å². The number of carbonyl (C=O) groups is 1. The minimum Gasteiger partial charge on any atom is -0.286 e. The molecule has 0 spiro atoms. The van der Waals surface area contributed by atoms with E-state index in [0.717, 1.165) is 33.7 Å². The standard InChI is InChI=1S/C24H23F3N4OS2/c1-15-12-16(2)31(29-15)10-9-30(24-28-23-20(27)13-18(26)14-21(23)34-24)22(32)4-3-11-33-19-7-5-17(25)6-8-19/h5-8,12-14H,3-4,9-11H2,1-2H3. The Balaban J connectivity index is 1.48. The van der Waals surface area contributed by atoms with Crippen molar-refractivity contribution in [1.29, 1.82) is 0 Å². The second-order valence-corrected chi connectivity index (χ2v) is 10.0. The average molecular weight is 505 g/mol. The first kappa shape index (κ1) is 24.3. The Morgan fingerprint density at radius 1 is 1.09 bits per heavy atom. The molecule has 0 aliphatic carbocycles. The summed E-state index contributed by atoms with van der Waals surface area (Å²) in [5.74, 6) is -1.19. The molecule has 0 saturated carbocycles. The van der Waals surface area contributed by atoms with E-state index in [1.807, 2.05) is 24.6 Å². The van der Waals surface area contributed by atoms with Crippen LogP contribution < -0.4 is 4.90 Å². The lowest BCUT2D eigenvalue weighted by molar-refractivity contribution is -0.118. The van der Waals surface area contributed by atoms with Gasteiger partial charge in [0.05, 0.1) is 16.9 Å². The number of rotatable bonds is 9. The van der Waals surface area contributed by atoms with E-state index < -0.39 is 11.6 Å². The minimum atomic E-state index is -0.751. The number of carbonyl (C=O) groups excluding carboxylic acids is 1. The van der Waals surface area contributed by atoms with Gasteiger partial charge in [-0.05, 0) is 62.4 Å². The van der Waals surface area contributed by atoms with Gasteiger partial charge in [0.2, 0.25) is 5.91 Å². The summed E-state index contributed by atoms with van der Waals surface area (Å²) in [5, 5.41) is 4.77. The van der Waals surface area contributed by atoms with Crippen LogP contribution in [0, 0.1) is 31.3 Å². The number of fused-ring (bicyclic) bond motifs is 1. The number of aryl methyl sites for hydroxylation is 2. The summed E-state index contributed by atoms with van der Waals surface area (Å²) in [6, 6.07) is 10.2. The van der Waals surface area contributed by atoms with Crippen LogP contribution in [0.5, 0.6) is 0 Å². The van der Waals surface area contributed by atoms with Crippen LogP contribution in [0.4, 0.5) is 18.3 Å². The molecule has 0 fully saturated rings. The van der Waals surface area contributed by atoms with Gasteiger partial charge in [-0.3, -0.25) is 14.4 Å². The highest BCUT2D eigenvalue weighted by molar-refractivity contribution is 7.99. The highest BCUT2D eigenvalue weighted by atomic mass is 32.2. The zero-order chi connectivity index (χ0) is 24.2. The molecular weight excluding hydrogens is 481 g/mol. The lowest BCUT2D eigenvalue weighted by Gasteiger charge is -2.20. The topological polar surface area (TPSA) is 51.0 Å². The maximum atomic E-state index is 14.2. The number of thioether (sulfide) groups is 1. The Kier molecular flexibility index (Phi) is 7.57. The second kappa shape index (κ2) is 10.6. The van der Waals surface area contributed by atoms with Crippen LogP contribution in [0.2, 0.25) is 0 Å². The van der Waals surface area contributed by atoms with E-state index >= 15 is 0 Å². The molecule has 0 bridgehead atoms. The van der Waals surface area contributed by atoms with Gasteiger partial charge in [0, 0.05) is 29.6 Å². The zero-order valence-corrected chi connectivity index (χ0v) is 20.4. The summed E-state index contributed by atoms with van der Waals surface area (Å²) in [7, 11) is 0. The molecule has 1 amide bonds. The van der Waals surface area contributed by atoms with Crippen LogP contribution in [0.3, 0.4) is 0 Å². The molecule has 0 radical (unpaired) electrons. The van der Waals surface area contributed by atoms with Crippen molar-refractivity contribution in [3.8, 4) is 0 Å². The van der Waals surface area contributed by atoms with E-state index in [2.05, 4.69) is 10.1 Å². The Morgan fingerprint density at radius 3 is 2.56 bits per heavy atom.